The van der Waals surface area contributed by atoms with Gasteiger partial charge >= 0.3 is 0 Å². The molecule has 144 valence electrons. The minimum absolute atomic E-state index is 0.201. The zero-order chi connectivity index (χ0) is 19.2. The summed E-state index contributed by atoms with van der Waals surface area (Å²) in [4.78, 5) is 0. The predicted octanol–water partition coefficient (Wildman–Crippen LogP) is 5.21. The van der Waals surface area contributed by atoms with Crippen LogP contribution in [0, 0.1) is 5.82 Å². The lowest BCUT2D eigenvalue weighted by molar-refractivity contribution is 0.0613. The van der Waals surface area contributed by atoms with E-state index >= 15 is 0 Å². The Labute approximate surface area is 166 Å². The number of hydrogen-bond donors (Lipinski definition) is 1. The van der Waals surface area contributed by atoms with Crippen molar-refractivity contribution in [2.45, 2.75) is 31.4 Å². The van der Waals surface area contributed by atoms with E-state index in [1.165, 1.54) is 16.7 Å². The van der Waals surface area contributed by atoms with Crippen molar-refractivity contribution in [1.29, 1.82) is 0 Å². The smallest absolute Gasteiger partial charge is 0.123 e. The van der Waals surface area contributed by atoms with Crippen LogP contribution in [0.25, 0.3) is 0 Å². The molecule has 0 radical (unpaired) electrons. The fourth-order valence-electron chi connectivity index (χ4n) is 4.23. The average Bonchev–Trinajstić information content (AvgIpc) is 2.75. The van der Waals surface area contributed by atoms with E-state index in [0.717, 1.165) is 31.5 Å². The van der Waals surface area contributed by atoms with Gasteiger partial charge in [-0.15, -0.1) is 0 Å². The molecule has 0 aliphatic carbocycles. The van der Waals surface area contributed by atoms with Gasteiger partial charge in [-0.05, 0) is 53.8 Å². The molecule has 28 heavy (non-hydrogen) atoms. The average molecular weight is 375 g/mol. The number of benzene rings is 3. The SMILES string of the molecule is Fc1ccc(C2(CCCNCc3ccccc3)COCc3ccccc32)cc1. The van der Waals surface area contributed by atoms with Gasteiger partial charge in [-0.3, -0.25) is 0 Å². The van der Waals surface area contributed by atoms with Crippen LogP contribution in [0.1, 0.15) is 35.1 Å². The molecular formula is C25H26FNO. The highest BCUT2D eigenvalue weighted by molar-refractivity contribution is 5.45. The van der Waals surface area contributed by atoms with Crippen LogP contribution >= 0.6 is 0 Å². The summed E-state index contributed by atoms with van der Waals surface area (Å²) < 4.78 is 19.6. The Bertz CT molecular complexity index is 894. The number of hydrogen-bond acceptors (Lipinski definition) is 2. The first-order valence-electron chi connectivity index (χ1n) is 9.95. The molecule has 2 nitrogen and oxygen atoms in total. The molecule has 0 aromatic heterocycles. The quantitative estimate of drug-likeness (QED) is 0.572. The normalized spacial score (nSPS) is 18.6. The van der Waals surface area contributed by atoms with Crippen molar-refractivity contribution in [2.24, 2.45) is 0 Å². The lowest BCUT2D eigenvalue weighted by atomic mass is 9.69. The lowest BCUT2D eigenvalue weighted by Crippen LogP contribution is -2.38. The summed E-state index contributed by atoms with van der Waals surface area (Å²) in [5.74, 6) is -0.201. The van der Waals surface area contributed by atoms with E-state index in [2.05, 4.69) is 53.8 Å². The van der Waals surface area contributed by atoms with Crippen molar-refractivity contribution in [3.05, 3.63) is 107 Å². The van der Waals surface area contributed by atoms with E-state index in [4.69, 9.17) is 4.74 Å². The highest BCUT2D eigenvalue weighted by Gasteiger charge is 2.38. The summed E-state index contributed by atoms with van der Waals surface area (Å²) in [5.41, 5.74) is 4.74. The summed E-state index contributed by atoms with van der Waals surface area (Å²) in [6, 6.07) is 25.9. The molecular weight excluding hydrogens is 349 g/mol. The minimum atomic E-state index is -0.225. The van der Waals surface area contributed by atoms with Crippen LogP contribution in [0.2, 0.25) is 0 Å². The second-order valence-electron chi connectivity index (χ2n) is 7.50. The van der Waals surface area contributed by atoms with Gasteiger partial charge < -0.3 is 10.1 Å². The van der Waals surface area contributed by atoms with Crippen molar-refractivity contribution in [2.75, 3.05) is 13.2 Å². The Morgan fingerprint density at radius 2 is 1.64 bits per heavy atom. The second-order valence-corrected chi connectivity index (χ2v) is 7.50. The molecule has 1 atom stereocenters. The summed E-state index contributed by atoms with van der Waals surface area (Å²) in [6.45, 7) is 3.08. The van der Waals surface area contributed by atoms with E-state index in [9.17, 15) is 4.39 Å². The molecule has 0 saturated carbocycles. The fraction of sp³-hybridized carbons (Fsp3) is 0.280. The fourth-order valence-corrected chi connectivity index (χ4v) is 4.23. The molecule has 0 spiro atoms. The highest BCUT2D eigenvalue weighted by atomic mass is 19.1. The number of rotatable bonds is 7. The van der Waals surface area contributed by atoms with Crippen molar-refractivity contribution in [1.82, 2.24) is 5.32 Å². The lowest BCUT2D eigenvalue weighted by Gasteiger charge is -2.40. The van der Waals surface area contributed by atoms with Crippen LogP contribution in [0.3, 0.4) is 0 Å². The zero-order valence-corrected chi connectivity index (χ0v) is 16.0. The first-order valence-corrected chi connectivity index (χ1v) is 9.95. The summed E-state index contributed by atoms with van der Waals surface area (Å²) in [6.07, 6.45) is 1.97. The molecule has 0 fully saturated rings. The standard InChI is InChI=1S/C25H26FNO/c26-23-13-11-22(12-14-23)25(19-28-18-21-9-4-5-10-24(21)25)15-6-16-27-17-20-7-2-1-3-8-20/h1-5,7-14,27H,6,15-19H2. The van der Waals surface area contributed by atoms with Gasteiger partial charge in [0.15, 0.2) is 0 Å². The molecule has 1 aliphatic heterocycles. The van der Waals surface area contributed by atoms with E-state index in [1.807, 2.05) is 18.2 Å². The molecule has 4 rings (SSSR count). The van der Waals surface area contributed by atoms with Gasteiger partial charge in [0.05, 0.1) is 13.2 Å². The van der Waals surface area contributed by atoms with E-state index < -0.39 is 0 Å². The topological polar surface area (TPSA) is 21.3 Å². The van der Waals surface area contributed by atoms with Crippen LogP contribution < -0.4 is 5.32 Å². The van der Waals surface area contributed by atoms with E-state index in [0.29, 0.717) is 13.2 Å². The Kier molecular flexibility index (Phi) is 5.84. The highest BCUT2D eigenvalue weighted by Crippen LogP contribution is 2.42. The maximum Gasteiger partial charge on any atom is 0.123 e. The van der Waals surface area contributed by atoms with Gasteiger partial charge in [0.2, 0.25) is 0 Å². The molecule has 3 aromatic rings. The van der Waals surface area contributed by atoms with E-state index in [-0.39, 0.29) is 11.2 Å². The number of halogens is 1. The molecule has 0 saturated heterocycles. The molecule has 1 heterocycles. The third-order valence-electron chi connectivity index (χ3n) is 5.66. The van der Waals surface area contributed by atoms with Crippen molar-refractivity contribution in [3.63, 3.8) is 0 Å². The molecule has 0 amide bonds. The van der Waals surface area contributed by atoms with Gasteiger partial charge in [0.25, 0.3) is 0 Å². The molecule has 3 heteroatoms. The number of nitrogens with one attached hydrogen (secondary N) is 1. The van der Waals surface area contributed by atoms with E-state index in [1.54, 1.807) is 12.1 Å². The van der Waals surface area contributed by atoms with Crippen LogP contribution in [-0.2, 0) is 23.3 Å². The van der Waals surface area contributed by atoms with Gasteiger partial charge in [0.1, 0.15) is 5.82 Å². The van der Waals surface area contributed by atoms with Crippen LogP contribution in [0.5, 0.6) is 0 Å². The van der Waals surface area contributed by atoms with Gasteiger partial charge in [-0.25, -0.2) is 4.39 Å². The van der Waals surface area contributed by atoms with Crippen LogP contribution in [0.4, 0.5) is 4.39 Å². The third-order valence-corrected chi connectivity index (χ3v) is 5.66. The van der Waals surface area contributed by atoms with Crippen LogP contribution in [-0.4, -0.2) is 13.2 Å². The van der Waals surface area contributed by atoms with Crippen molar-refractivity contribution in [3.8, 4) is 0 Å². The summed E-state index contributed by atoms with van der Waals surface area (Å²) >= 11 is 0. The second kappa shape index (κ2) is 8.68. The Balaban J connectivity index is 1.51. The molecule has 1 aliphatic rings. The molecule has 1 N–H and O–H groups in total. The largest absolute Gasteiger partial charge is 0.375 e. The van der Waals surface area contributed by atoms with Gasteiger partial charge in [-0.2, -0.15) is 0 Å². The molecule has 1 unspecified atom stereocenters. The van der Waals surface area contributed by atoms with Crippen molar-refractivity contribution < 1.29 is 9.13 Å². The predicted molar refractivity (Wildman–Crippen MR) is 111 cm³/mol. The Morgan fingerprint density at radius 1 is 0.893 bits per heavy atom. The summed E-state index contributed by atoms with van der Waals surface area (Å²) in [7, 11) is 0. The zero-order valence-electron chi connectivity index (χ0n) is 16.0. The molecule has 0 bridgehead atoms. The Morgan fingerprint density at radius 3 is 2.46 bits per heavy atom. The van der Waals surface area contributed by atoms with Gasteiger partial charge in [0, 0.05) is 12.0 Å². The summed E-state index contributed by atoms with van der Waals surface area (Å²) in [5, 5.41) is 3.54. The minimum Gasteiger partial charge on any atom is -0.375 e. The first kappa shape index (κ1) is 18.9. The Hall–Kier alpha value is -2.49. The van der Waals surface area contributed by atoms with Crippen molar-refractivity contribution >= 4 is 0 Å². The first-order chi connectivity index (χ1) is 13.8. The molecule has 3 aromatic carbocycles. The van der Waals surface area contributed by atoms with Crippen LogP contribution in [0.15, 0.2) is 78.9 Å². The maximum absolute atomic E-state index is 13.5. The maximum atomic E-state index is 13.5. The third kappa shape index (κ3) is 4.01. The number of fused-ring (bicyclic) bond motifs is 1. The monoisotopic (exact) mass is 375 g/mol. The number of ether oxygens (including phenoxy) is 1. The van der Waals surface area contributed by atoms with Gasteiger partial charge in [-0.1, -0.05) is 66.7 Å².